The average Bonchev–Trinajstić information content (AvgIpc) is 2.15. The third-order valence-electron chi connectivity index (χ3n) is 1.79. The van der Waals surface area contributed by atoms with Gasteiger partial charge >= 0.3 is 0 Å². The first-order valence-electron chi connectivity index (χ1n) is 4.09. The zero-order valence-electron chi connectivity index (χ0n) is 8.36. The summed E-state index contributed by atoms with van der Waals surface area (Å²) in [5, 5.41) is 0. The maximum Gasteiger partial charge on any atom is 0.236 e. The van der Waals surface area contributed by atoms with Crippen LogP contribution in [-0.2, 0) is 14.8 Å². The van der Waals surface area contributed by atoms with Gasteiger partial charge in [0.15, 0.2) is 11.5 Å². The summed E-state index contributed by atoms with van der Waals surface area (Å²) in [7, 11) is 4.58. The zero-order chi connectivity index (χ0) is 11.5. The fourth-order valence-corrected chi connectivity index (χ4v) is 2.13. The van der Waals surface area contributed by atoms with Crippen LogP contribution in [0.2, 0.25) is 0 Å². The summed E-state index contributed by atoms with van der Waals surface area (Å²) in [5.41, 5.74) is 0.558. The predicted molar refractivity (Wildman–Crippen MR) is 58.0 cm³/mol. The van der Waals surface area contributed by atoms with E-state index in [4.69, 9.17) is 20.2 Å². The standard InChI is InChI=1S/C9H11ClO4S/c1-13-8-4-3-7(5-9(8)14-2)6-15(10,11)12/h3-5H,6H2,1-2H3. The lowest BCUT2D eigenvalue weighted by Crippen LogP contribution is -1.97. The Morgan fingerprint density at radius 2 is 1.80 bits per heavy atom. The summed E-state index contributed by atoms with van der Waals surface area (Å²) in [6, 6.07) is 4.84. The SMILES string of the molecule is COc1ccc(CS(=O)(=O)Cl)cc1OC. The Labute approximate surface area is 93.2 Å². The molecule has 0 radical (unpaired) electrons. The van der Waals surface area contributed by atoms with Crippen LogP contribution in [-0.4, -0.2) is 22.6 Å². The summed E-state index contributed by atoms with van der Waals surface area (Å²) >= 11 is 0. The van der Waals surface area contributed by atoms with Crippen molar-refractivity contribution in [2.75, 3.05) is 14.2 Å². The van der Waals surface area contributed by atoms with Crippen molar-refractivity contribution < 1.29 is 17.9 Å². The minimum Gasteiger partial charge on any atom is -0.493 e. The normalized spacial score (nSPS) is 11.1. The van der Waals surface area contributed by atoms with E-state index in [2.05, 4.69) is 0 Å². The van der Waals surface area contributed by atoms with Crippen LogP contribution >= 0.6 is 10.7 Å². The monoisotopic (exact) mass is 250 g/mol. The summed E-state index contributed by atoms with van der Waals surface area (Å²) < 4.78 is 31.7. The van der Waals surface area contributed by atoms with Crippen LogP contribution in [0.1, 0.15) is 5.56 Å². The van der Waals surface area contributed by atoms with E-state index in [1.165, 1.54) is 14.2 Å². The van der Waals surface area contributed by atoms with E-state index in [1.807, 2.05) is 0 Å². The highest BCUT2D eigenvalue weighted by molar-refractivity contribution is 8.13. The lowest BCUT2D eigenvalue weighted by Gasteiger charge is -2.08. The molecule has 0 fully saturated rings. The molecule has 0 aliphatic rings. The van der Waals surface area contributed by atoms with E-state index < -0.39 is 9.05 Å². The molecule has 0 heterocycles. The highest BCUT2D eigenvalue weighted by Crippen LogP contribution is 2.28. The molecule has 0 bridgehead atoms. The molecule has 0 N–H and O–H groups in total. The van der Waals surface area contributed by atoms with E-state index in [-0.39, 0.29) is 5.75 Å². The van der Waals surface area contributed by atoms with Crippen molar-refractivity contribution in [3.63, 3.8) is 0 Å². The van der Waals surface area contributed by atoms with Gasteiger partial charge in [-0.15, -0.1) is 0 Å². The summed E-state index contributed by atoms with van der Waals surface area (Å²) in [6.07, 6.45) is 0. The van der Waals surface area contributed by atoms with Crippen molar-refractivity contribution in [3.8, 4) is 11.5 Å². The van der Waals surface area contributed by atoms with Gasteiger partial charge in [-0.2, -0.15) is 0 Å². The molecule has 1 aromatic carbocycles. The zero-order valence-corrected chi connectivity index (χ0v) is 9.93. The number of hydrogen-bond acceptors (Lipinski definition) is 4. The molecular weight excluding hydrogens is 240 g/mol. The number of ether oxygens (including phenoxy) is 2. The topological polar surface area (TPSA) is 52.6 Å². The van der Waals surface area contributed by atoms with Gasteiger partial charge in [0.25, 0.3) is 0 Å². The lowest BCUT2D eigenvalue weighted by atomic mass is 10.2. The van der Waals surface area contributed by atoms with E-state index >= 15 is 0 Å². The summed E-state index contributed by atoms with van der Waals surface area (Å²) in [5.74, 6) is 0.804. The molecule has 0 aliphatic heterocycles. The Balaban J connectivity index is 3.03. The van der Waals surface area contributed by atoms with E-state index in [0.717, 1.165) is 0 Å². The second-order valence-corrected chi connectivity index (χ2v) is 5.65. The number of hydrogen-bond donors (Lipinski definition) is 0. The molecule has 1 aromatic rings. The van der Waals surface area contributed by atoms with E-state index in [0.29, 0.717) is 17.1 Å². The van der Waals surface area contributed by atoms with Gasteiger partial charge in [0.05, 0.1) is 20.0 Å². The molecule has 4 nitrogen and oxygen atoms in total. The molecule has 84 valence electrons. The second kappa shape index (κ2) is 4.72. The minimum absolute atomic E-state index is 0.227. The van der Waals surface area contributed by atoms with Crippen LogP contribution in [0, 0.1) is 0 Å². The second-order valence-electron chi connectivity index (χ2n) is 2.87. The molecule has 0 spiro atoms. The van der Waals surface area contributed by atoms with Gasteiger partial charge in [0, 0.05) is 10.7 Å². The van der Waals surface area contributed by atoms with Gasteiger partial charge in [-0.25, -0.2) is 8.42 Å². The molecule has 1 rings (SSSR count). The van der Waals surface area contributed by atoms with Gasteiger partial charge in [0.1, 0.15) is 0 Å². The molecule has 6 heteroatoms. The van der Waals surface area contributed by atoms with E-state index in [1.54, 1.807) is 18.2 Å². The largest absolute Gasteiger partial charge is 0.493 e. The van der Waals surface area contributed by atoms with Crippen molar-refractivity contribution in [2.45, 2.75) is 5.75 Å². The first-order valence-corrected chi connectivity index (χ1v) is 6.57. The van der Waals surface area contributed by atoms with Gasteiger partial charge in [-0.3, -0.25) is 0 Å². The quantitative estimate of drug-likeness (QED) is 0.765. The van der Waals surface area contributed by atoms with Crippen LogP contribution in [0.25, 0.3) is 0 Å². The minimum atomic E-state index is -3.55. The molecule has 15 heavy (non-hydrogen) atoms. The van der Waals surface area contributed by atoms with Gasteiger partial charge in [-0.1, -0.05) is 6.07 Å². The lowest BCUT2D eigenvalue weighted by molar-refractivity contribution is 0.354. The number of halogens is 1. The fraction of sp³-hybridized carbons (Fsp3) is 0.333. The maximum atomic E-state index is 10.8. The van der Waals surface area contributed by atoms with Gasteiger partial charge in [0.2, 0.25) is 9.05 Å². The number of methoxy groups -OCH3 is 2. The molecule has 0 unspecified atom stereocenters. The molecule has 0 atom stereocenters. The third kappa shape index (κ3) is 3.60. The maximum absolute atomic E-state index is 10.8. The Bertz CT molecular complexity index is 441. The number of rotatable bonds is 4. The van der Waals surface area contributed by atoms with Crippen LogP contribution in [0.4, 0.5) is 0 Å². The Morgan fingerprint density at radius 3 is 2.27 bits per heavy atom. The van der Waals surface area contributed by atoms with Crippen molar-refractivity contribution in [3.05, 3.63) is 23.8 Å². The molecule has 0 amide bonds. The number of benzene rings is 1. The van der Waals surface area contributed by atoms with Crippen LogP contribution in [0.15, 0.2) is 18.2 Å². The highest BCUT2D eigenvalue weighted by atomic mass is 35.7. The fourth-order valence-electron chi connectivity index (χ4n) is 1.17. The molecular formula is C9H11ClO4S. The molecule has 0 aromatic heterocycles. The van der Waals surface area contributed by atoms with Crippen LogP contribution < -0.4 is 9.47 Å². The average molecular weight is 251 g/mol. The van der Waals surface area contributed by atoms with Crippen LogP contribution in [0.5, 0.6) is 11.5 Å². The Morgan fingerprint density at radius 1 is 1.20 bits per heavy atom. The van der Waals surface area contributed by atoms with E-state index in [9.17, 15) is 8.42 Å². The molecule has 0 saturated heterocycles. The summed E-state index contributed by atoms with van der Waals surface area (Å²) in [4.78, 5) is 0. The summed E-state index contributed by atoms with van der Waals surface area (Å²) in [6.45, 7) is 0. The molecule has 0 saturated carbocycles. The van der Waals surface area contributed by atoms with Crippen molar-refractivity contribution in [1.82, 2.24) is 0 Å². The smallest absolute Gasteiger partial charge is 0.236 e. The molecule has 0 aliphatic carbocycles. The first kappa shape index (κ1) is 12.1. The highest BCUT2D eigenvalue weighted by Gasteiger charge is 2.10. The van der Waals surface area contributed by atoms with Gasteiger partial charge < -0.3 is 9.47 Å². The predicted octanol–water partition coefficient (Wildman–Crippen LogP) is 1.77. The van der Waals surface area contributed by atoms with Crippen molar-refractivity contribution in [2.24, 2.45) is 0 Å². The Kier molecular flexibility index (Phi) is 3.82. The van der Waals surface area contributed by atoms with Crippen molar-refractivity contribution in [1.29, 1.82) is 0 Å². The van der Waals surface area contributed by atoms with Crippen LogP contribution in [0.3, 0.4) is 0 Å². The Hall–Kier alpha value is -0.940. The van der Waals surface area contributed by atoms with Crippen molar-refractivity contribution >= 4 is 19.7 Å². The first-order chi connectivity index (χ1) is 6.96. The van der Waals surface area contributed by atoms with Gasteiger partial charge in [-0.05, 0) is 17.7 Å². The third-order valence-corrected chi connectivity index (χ3v) is 2.79.